The summed E-state index contributed by atoms with van der Waals surface area (Å²) >= 11 is 7.63. The van der Waals surface area contributed by atoms with Crippen LogP contribution >= 0.6 is 22.9 Å². The number of nitrogens with zero attached hydrogens (tertiary/aromatic N) is 1. The highest BCUT2D eigenvalue weighted by Gasteiger charge is 2.29. The van der Waals surface area contributed by atoms with Gasteiger partial charge in [-0.05, 0) is 26.0 Å². The molecular weight excluding hydrogens is 256 g/mol. The van der Waals surface area contributed by atoms with Crippen molar-refractivity contribution < 1.29 is 4.74 Å². The van der Waals surface area contributed by atoms with Gasteiger partial charge in [0.1, 0.15) is 0 Å². The molecule has 0 saturated carbocycles. The topological polar surface area (TPSA) is 38.5 Å². The van der Waals surface area contributed by atoms with Crippen molar-refractivity contribution in [1.29, 1.82) is 0 Å². The summed E-state index contributed by atoms with van der Waals surface area (Å²) in [4.78, 5) is 3.65. The molecule has 2 N–H and O–H groups in total. The standard InChI is InChI=1S/C12H19ClN2OS/c1-8-7-15(5-6-16-8)12(9(2)14)10-3-4-11(13)17-10/h3-4,8-9,12H,5-7,14H2,1-2H3. The minimum absolute atomic E-state index is 0.0926. The highest BCUT2D eigenvalue weighted by molar-refractivity contribution is 7.16. The van der Waals surface area contributed by atoms with Gasteiger partial charge in [0, 0.05) is 24.0 Å². The fourth-order valence-corrected chi connectivity index (χ4v) is 3.67. The van der Waals surface area contributed by atoms with E-state index in [4.69, 9.17) is 22.1 Å². The fraction of sp³-hybridized carbons (Fsp3) is 0.667. The third-order valence-electron chi connectivity index (χ3n) is 3.05. The Hall–Kier alpha value is -0.130. The number of thiophene rings is 1. The van der Waals surface area contributed by atoms with Crippen molar-refractivity contribution >= 4 is 22.9 Å². The Bertz CT molecular complexity index is 369. The van der Waals surface area contributed by atoms with Gasteiger partial charge in [0.15, 0.2) is 0 Å². The normalized spacial score (nSPS) is 25.8. The van der Waals surface area contributed by atoms with E-state index < -0.39 is 0 Å². The van der Waals surface area contributed by atoms with Crippen molar-refractivity contribution in [1.82, 2.24) is 4.90 Å². The maximum Gasteiger partial charge on any atom is 0.0931 e. The Kier molecular flexibility index (Phi) is 4.44. The lowest BCUT2D eigenvalue weighted by Crippen LogP contribution is -2.47. The highest BCUT2D eigenvalue weighted by atomic mass is 35.5. The molecule has 1 aromatic rings. The second-order valence-electron chi connectivity index (χ2n) is 4.62. The molecule has 1 fully saturated rings. The molecule has 0 aromatic carbocycles. The van der Waals surface area contributed by atoms with E-state index in [0.29, 0.717) is 0 Å². The van der Waals surface area contributed by atoms with E-state index in [0.717, 1.165) is 24.0 Å². The Morgan fingerprint density at radius 3 is 2.88 bits per heavy atom. The van der Waals surface area contributed by atoms with Gasteiger partial charge in [-0.1, -0.05) is 11.6 Å². The van der Waals surface area contributed by atoms with Crippen LogP contribution in [0.25, 0.3) is 0 Å². The van der Waals surface area contributed by atoms with Crippen molar-refractivity contribution in [2.75, 3.05) is 19.7 Å². The third kappa shape index (κ3) is 3.20. The number of morpholine rings is 1. The van der Waals surface area contributed by atoms with Gasteiger partial charge >= 0.3 is 0 Å². The van der Waals surface area contributed by atoms with E-state index in [1.165, 1.54) is 4.88 Å². The second-order valence-corrected chi connectivity index (χ2v) is 6.37. The van der Waals surface area contributed by atoms with E-state index in [1.807, 2.05) is 6.07 Å². The number of ether oxygens (including phenoxy) is 1. The minimum Gasteiger partial charge on any atom is -0.376 e. The molecule has 17 heavy (non-hydrogen) atoms. The molecule has 1 aliphatic heterocycles. The van der Waals surface area contributed by atoms with E-state index in [9.17, 15) is 0 Å². The Morgan fingerprint density at radius 2 is 2.35 bits per heavy atom. The SMILES string of the molecule is CC1CN(C(c2ccc(Cl)s2)C(C)N)CCO1. The molecule has 0 bridgehead atoms. The largest absolute Gasteiger partial charge is 0.376 e. The first-order valence-electron chi connectivity index (χ1n) is 5.94. The van der Waals surface area contributed by atoms with Crippen LogP contribution in [0.15, 0.2) is 12.1 Å². The van der Waals surface area contributed by atoms with Crippen LogP contribution in [0.3, 0.4) is 0 Å². The predicted molar refractivity (Wildman–Crippen MR) is 72.7 cm³/mol. The van der Waals surface area contributed by atoms with E-state index in [2.05, 4.69) is 24.8 Å². The van der Waals surface area contributed by atoms with Gasteiger partial charge in [-0.2, -0.15) is 0 Å². The summed E-state index contributed by atoms with van der Waals surface area (Å²) in [5.74, 6) is 0. The molecule has 0 aliphatic carbocycles. The first kappa shape index (κ1) is 13.3. The lowest BCUT2D eigenvalue weighted by molar-refractivity contribution is -0.0370. The van der Waals surface area contributed by atoms with Crippen LogP contribution in [0.5, 0.6) is 0 Å². The van der Waals surface area contributed by atoms with E-state index in [-0.39, 0.29) is 18.2 Å². The molecule has 2 heterocycles. The monoisotopic (exact) mass is 274 g/mol. The van der Waals surface area contributed by atoms with Crippen molar-refractivity contribution in [3.8, 4) is 0 Å². The maximum atomic E-state index is 6.14. The van der Waals surface area contributed by atoms with E-state index >= 15 is 0 Å². The van der Waals surface area contributed by atoms with Crippen LogP contribution in [0.1, 0.15) is 24.8 Å². The van der Waals surface area contributed by atoms with Gasteiger partial charge in [-0.15, -0.1) is 11.3 Å². The summed E-state index contributed by atoms with van der Waals surface area (Å²) in [5.41, 5.74) is 6.14. The third-order valence-corrected chi connectivity index (χ3v) is 4.35. The van der Waals surface area contributed by atoms with Crippen LogP contribution in [0.4, 0.5) is 0 Å². The van der Waals surface area contributed by atoms with Crippen LogP contribution < -0.4 is 5.73 Å². The lowest BCUT2D eigenvalue weighted by atomic mass is 10.1. The fourth-order valence-electron chi connectivity index (χ4n) is 2.36. The molecule has 96 valence electrons. The van der Waals surface area contributed by atoms with Gasteiger partial charge in [-0.3, -0.25) is 4.90 Å². The first-order chi connectivity index (χ1) is 8.08. The number of halogens is 1. The van der Waals surface area contributed by atoms with Crippen molar-refractivity contribution in [3.63, 3.8) is 0 Å². The molecular formula is C12H19ClN2OS. The van der Waals surface area contributed by atoms with Crippen LogP contribution in [0.2, 0.25) is 4.34 Å². The quantitative estimate of drug-likeness (QED) is 0.920. The summed E-state index contributed by atoms with van der Waals surface area (Å²) in [6.07, 6.45) is 0.278. The Morgan fingerprint density at radius 1 is 1.59 bits per heavy atom. The molecule has 1 aromatic heterocycles. The van der Waals surface area contributed by atoms with Gasteiger partial charge in [0.2, 0.25) is 0 Å². The summed E-state index contributed by atoms with van der Waals surface area (Å²) in [6.45, 7) is 6.81. The zero-order chi connectivity index (χ0) is 12.4. The molecule has 1 aliphatic rings. The summed E-state index contributed by atoms with van der Waals surface area (Å²) in [5, 5.41) is 0. The molecule has 3 nitrogen and oxygen atoms in total. The number of rotatable bonds is 3. The smallest absolute Gasteiger partial charge is 0.0931 e. The zero-order valence-electron chi connectivity index (χ0n) is 10.2. The molecule has 3 unspecified atom stereocenters. The average molecular weight is 275 g/mol. The average Bonchev–Trinajstić information content (AvgIpc) is 2.64. The summed E-state index contributed by atoms with van der Waals surface area (Å²) in [7, 11) is 0. The van der Waals surface area contributed by atoms with Gasteiger partial charge < -0.3 is 10.5 Å². The Labute approximate surface area is 112 Å². The molecule has 0 radical (unpaired) electrons. The number of hydrogen-bond donors (Lipinski definition) is 1. The van der Waals surface area contributed by atoms with Gasteiger partial charge in [-0.25, -0.2) is 0 Å². The second kappa shape index (κ2) is 5.67. The first-order valence-corrected chi connectivity index (χ1v) is 7.14. The molecule has 5 heteroatoms. The maximum absolute atomic E-state index is 6.14. The summed E-state index contributed by atoms with van der Waals surface area (Å²) in [6, 6.07) is 4.37. The molecule has 3 atom stereocenters. The lowest BCUT2D eigenvalue weighted by Gasteiger charge is -2.38. The summed E-state index contributed by atoms with van der Waals surface area (Å²) < 4.78 is 6.40. The van der Waals surface area contributed by atoms with Gasteiger partial charge in [0.05, 0.1) is 23.1 Å². The molecule has 0 amide bonds. The zero-order valence-corrected chi connectivity index (χ0v) is 11.8. The van der Waals surface area contributed by atoms with E-state index in [1.54, 1.807) is 11.3 Å². The number of hydrogen-bond acceptors (Lipinski definition) is 4. The van der Waals surface area contributed by atoms with Crippen LogP contribution in [0, 0.1) is 0 Å². The molecule has 0 spiro atoms. The number of nitrogens with two attached hydrogens (primary N) is 1. The van der Waals surface area contributed by atoms with Crippen molar-refractivity contribution in [3.05, 3.63) is 21.3 Å². The van der Waals surface area contributed by atoms with Crippen LogP contribution in [-0.2, 0) is 4.74 Å². The minimum atomic E-state index is 0.0926. The van der Waals surface area contributed by atoms with Crippen molar-refractivity contribution in [2.24, 2.45) is 5.73 Å². The van der Waals surface area contributed by atoms with Gasteiger partial charge in [0.25, 0.3) is 0 Å². The molecule has 1 saturated heterocycles. The van der Waals surface area contributed by atoms with Crippen molar-refractivity contribution in [2.45, 2.75) is 32.0 Å². The highest BCUT2D eigenvalue weighted by Crippen LogP contribution is 2.33. The molecule has 2 rings (SSSR count). The Balaban J connectivity index is 2.17. The van der Waals surface area contributed by atoms with Crippen LogP contribution in [-0.4, -0.2) is 36.7 Å². The predicted octanol–water partition coefficient (Wildman–Crippen LogP) is 2.51.